The van der Waals surface area contributed by atoms with E-state index >= 15 is 0 Å². The second-order valence-corrected chi connectivity index (χ2v) is 6.21. The molecule has 108 valence electrons. The van der Waals surface area contributed by atoms with Crippen LogP contribution in [0.15, 0.2) is 39.3 Å². The molecule has 21 heavy (non-hydrogen) atoms. The van der Waals surface area contributed by atoms with Crippen molar-refractivity contribution >= 4 is 42.9 Å². The van der Waals surface area contributed by atoms with Gasteiger partial charge in [0, 0.05) is 10.5 Å². The van der Waals surface area contributed by atoms with Crippen LogP contribution in [0.5, 0.6) is 11.5 Å². The van der Waals surface area contributed by atoms with E-state index in [9.17, 15) is 0 Å². The normalized spacial score (nSPS) is 10.9. The van der Waals surface area contributed by atoms with E-state index in [1.807, 2.05) is 30.3 Å². The fourth-order valence-corrected chi connectivity index (χ4v) is 3.57. The van der Waals surface area contributed by atoms with Crippen LogP contribution in [0.1, 0.15) is 0 Å². The minimum absolute atomic E-state index is 0.740. The third-order valence-electron chi connectivity index (χ3n) is 3.16. The number of ether oxygens (including phenoxy) is 2. The summed E-state index contributed by atoms with van der Waals surface area (Å²) >= 11 is 7.00. The molecule has 1 aromatic heterocycles. The Bertz CT molecular complexity index is 815. The van der Waals surface area contributed by atoms with Gasteiger partial charge in [0.25, 0.3) is 0 Å². The van der Waals surface area contributed by atoms with Crippen LogP contribution in [0.3, 0.4) is 0 Å². The second-order valence-electron chi connectivity index (χ2n) is 4.44. The molecule has 0 bridgehead atoms. The maximum Gasteiger partial charge on any atom is 0.144 e. The Hall–Kier alpha value is -1.53. The number of H-pyrrole nitrogens is 1. The number of hydrogen-bond donors (Lipinski definition) is 1. The lowest BCUT2D eigenvalue weighted by molar-refractivity contribution is 0.413. The number of nitrogens with zero attached hydrogens (tertiary/aromatic N) is 1. The Morgan fingerprint density at radius 3 is 2.57 bits per heavy atom. The van der Waals surface area contributed by atoms with E-state index in [1.54, 1.807) is 14.2 Å². The molecule has 0 unspecified atom stereocenters. The number of methoxy groups -OCH3 is 2. The summed E-state index contributed by atoms with van der Waals surface area (Å²) in [6.07, 6.45) is 0. The molecule has 3 aromatic rings. The summed E-state index contributed by atoms with van der Waals surface area (Å²) < 4.78 is 12.5. The van der Waals surface area contributed by atoms with Crippen LogP contribution in [0.4, 0.5) is 0 Å². The van der Waals surface area contributed by atoms with Crippen molar-refractivity contribution in [3.8, 4) is 22.9 Å². The molecule has 0 fully saturated rings. The van der Waals surface area contributed by atoms with Gasteiger partial charge < -0.3 is 14.5 Å². The smallest absolute Gasteiger partial charge is 0.144 e. The summed E-state index contributed by atoms with van der Waals surface area (Å²) in [6.45, 7) is 0. The lowest BCUT2D eigenvalue weighted by atomic mass is 10.2. The van der Waals surface area contributed by atoms with Gasteiger partial charge in [-0.05, 0) is 40.2 Å². The average molecular weight is 412 g/mol. The van der Waals surface area contributed by atoms with Crippen molar-refractivity contribution in [2.45, 2.75) is 0 Å². The molecule has 0 saturated carbocycles. The van der Waals surface area contributed by atoms with Crippen molar-refractivity contribution in [1.29, 1.82) is 0 Å². The first-order valence-electron chi connectivity index (χ1n) is 6.19. The number of imidazole rings is 1. The molecule has 0 aliphatic rings. The minimum Gasteiger partial charge on any atom is -0.497 e. The number of nitrogens with one attached hydrogen (secondary N) is 1. The Labute approximate surface area is 138 Å². The van der Waals surface area contributed by atoms with Gasteiger partial charge in [0.15, 0.2) is 0 Å². The molecule has 3 rings (SSSR count). The van der Waals surface area contributed by atoms with Gasteiger partial charge in [0.2, 0.25) is 0 Å². The zero-order valence-corrected chi connectivity index (χ0v) is 14.6. The first-order chi connectivity index (χ1) is 10.1. The molecule has 0 aliphatic heterocycles. The Balaban J connectivity index is 2.20. The van der Waals surface area contributed by atoms with E-state index in [-0.39, 0.29) is 0 Å². The highest BCUT2D eigenvalue weighted by molar-refractivity contribution is 9.11. The van der Waals surface area contributed by atoms with Crippen LogP contribution in [0, 0.1) is 0 Å². The molecule has 1 N–H and O–H groups in total. The van der Waals surface area contributed by atoms with Gasteiger partial charge >= 0.3 is 0 Å². The highest BCUT2D eigenvalue weighted by atomic mass is 79.9. The largest absolute Gasteiger partial charge is 0.497 e. The Morgan fingerprint density at radius 1 is 1.05 bits per heavy atom. The summed E-state index contributed by atoms with van der Waals surface area (Å²) in [4.78, 5) is 7.92. The van der Waals surface area contributed by atoms with Crippen LogP contribution >= 0.6 is 31.9 Å². The number of aromatic amines is 1. The third-order valence-corrected chi connectivity index (χ3v) is 4.20. The van der Waals surface area contributed by atoms with Gasteiger partial charge in [-0.1, -0.05) is 15.9 Å². The standard InChI is InChI=1S/C15H12Br2N2O2/c1-20-9-3-4-12-13(7-9)19-15(18-12)10-5-8(16)6-11(17)14(10)21-2/h3-7H,1-2H3,(H,18,19). The quantitative estimate of drug-likeness (QED) is 0.675. The van der Waals surface area contributed by atoms with Gasteiger partial charge in [0.1, 0.15) is 17.3 Å². The molecular formula is C15H12Br2N2O2. The van der Waals surface area contributed by atoms with E-state index in [2.05, 4.69) is 41.8 Å². The summed E-state index contributed by atoms with van der Waals surface area (Å²) in [5.74, 6) is 2.28. The van der Waals surface area contributed by atoms with Gasteiger partial charge in [-0.2, -0.15) is 0 Å². The second kappa shape index (κ2) is 5.69. The predicted octanol–water partition coefficient (Wildman–Crippen LogP) is 4.77. The van der Waals surface area contributed by atoms with Crippen LogP contribution in [-0.2, 0) is 0 Å². The molecule has 4 nitrogen and oxygen atoms in total. The molecule has 2 aromatic carbocycles. The van der Waals surface area contributed by atoms with Gasteiger partial charge in [0.05, 0.1) is 35.3 Å². The lowest BCUT2D eigenvalue weighted by Crippen LogP contribution is -1.91. The fraction of sp³-hybridized carbons (Fsp3) is 0.133. The highest BCUT2D eigenvalue weighted by Crippen LogP contribution is 2.38. The molecule has 6 heteroatoms. The van der Waals surface area contributed by atoms with Crippen molar-refractivity contribution < 1.29 is 9.47 Å². The van der Waals surface area contributed by atoms with Gasteiger partial charge in [-0.15, -0.1) is 0 Å². The number of fused-ring (bicyclic) bond motifs is 1. The first-order valence-corrected chi connectivity index (χ1v) is 7.78. The molecule has 0 spiro atoms. The number of benzene rings is 2. The minimum atomic E-state index is 0.740. The summed E-state index contributed by atoms with van der Waals surface area (Å²) in [5, 5.41) is 0. The van der Waals surface area contributed by atoms with Crippen LogP contribution < -0.4 is 9.47 Å². The van der Waals surface area contributed by atoms with Crippen molar-refractivity contribution in [3.63, 3.8) is 0 Å². The van der Waals surface area contributed by atoms with E-state index in [4.69, 9.17) is 9.47 Å². The van der Waals surface area contributed by atoms with Crippen LogP contribution in [0.25, 0.3) is 22.4 Å². The van der Waals surface area contributed by atoms with Crippen molar-refractivity contribution in [2.24, 2.45) is 0 Å². The number of hydrogen-bond acceptors (Lipinski definition) is 3. The molecule has 0 amide bonds. The van der Waals surface area contributed by atoms with Crippen molar-refractivity contribution in [1.82, 2.24) is 9.97 Å². The molecule has 0 radical (unpaired) electrons. The average Bonchev–Trinajstić information content (AvgIpc) is 2.89. The number of halogens is 2. The van der Waals surface area contributed by atoms with E-state index in [0.717, 1.165) is 42.9 Å². The van der Waals surface area contributed by atoms with E-state index < -0.39 is 0 Å². The summed E-state index contributed by atoms with van der Waals surface area (Å²) in [5.41, 5.74) is 2.68. The summed E-state index contributed by atoms with van der Waals surface area (Å²) in [7, 11) is 3.29. The van der Waals surface area contributed by atoms with Gasteiger partial charge in [-0.25, -0.2) is 4.98 Å². The predicted molar refractivity (Wildman–Crippen MR) is 90.0 cm³/mol. The SMILES string of the molecule is COc1ccc2nc(-c3cc(Br)cc(Br)c3OC)[nH]c2c1. The zero-order valence-electron chi connectivity index (χ0n) is 11.4. The van der Waals surface area contributed by atoms with Crippen LogP contribution in [0.2, 0.25) is 0 Å². The molecule has 1 heterocycles. The number of aromatic nitrogens is 2. The van der Waals surface area contributed by atoms with E-state index in [1.165, 1.54) is 0 Å². The fourth-order valence-electron chi connectivity index (χ4n) is 2.19. The van der Waals surface area contributed by atoms with Crippen molar-refractivity contribution in [2.75, 3.05) is 14.2 Å². The lowest BCUT2D eigenvalue weighted by Gasteiger charge is -2.09. The number of rotatable bonds is 3. The topological polar surface area (TPSA) is 47.1 Å². The third kappa shape index (κ3) is 2.65. The maximum atomic E-state index is 5.47. The molecular weight excluding hydrogens is 400 g/mol. The Kier molecular flexibility index (Phi) is 3.91. The molecule has 0 atom stereocenters. The van der Waals surface area contributed by atoms with Crippen molar-refractivity contribution in [3.05, 3.63) is 39.3 Å². The van der Waals surface area contributed by atoms with E-state index in [0.29, 0.717) is 0 Å². The molecule has 0 aliphatic carbocycles. The van der Waals surface area contributed by atoms with Crippen LogP contribution in [-0.4, -0.2) is 24.2 Å². The maximum absolute atomic E-state index is 5.47. The first kappa shape index (κ1) is 14.4. The van der Waals surface area contributed by atoms with Gasteiger partial charge in [-0.3, -0.25) is 0 Å². The Morgan fingerprint density at radius 2 is 1.86 bits per heavy atom. The monoisotopic (exact) mass is 410 g/mol. The zero-order chi connectivity index (χ0) is 15.0. The highest BCUT2D eigenvalue weighted by Gasteiger charge is 2.15. The molecule has 0 saturated heterocycles. The summed E-state index contributed by atoms with van der Waals surface area (Å²) in [6, 6.07) is 9.65.